The second-order valence-corrected chi connectivity index (χ2v) is 9.66. The first-order valence-electron chi connectivity index (χ1n) is 13.2. The Morgan fingerprint density at radius 1 is 1.03 bits per heavy atom. The van der Waals surface area contributed by atoms with Crippen LogP contribution in [0.3, 0.4) is 0 Å². The van der Waals surface area contributed by atoms with Gasteiger partial charge in [-0.1, -0.05) is 44.7 Å². The standard InChI is InChI=1S/C29H38N4O5.H2S/c1-5-6-7-8-9-13-27(34)37-19-25(32-29(36)38-20(2)3)28(35)31-23-15-14-22-18-30-33(26(22)17-23)24-12-10-11-21(4)16-24;/h10-12,14-18,20,25H,5-9,13,19H2,1-4H3,(H,31,35)(H,32,36);1H2/t25-;/m0./s1. The van der Waals surface area contributed by atoms with Crippen molar-refractivity contribution in [2.45, 2.75) is 78.4 Å². The van der Waals surface area contributed by atoms with Gasteiger partial charge in [-0.3, -0.25) is 9.59 Å². The van der Waals surface area contributed by atoms with Crippen molar-refractivity contribution in [1.29, 1.82) is 0 Å². The fourth-order valence-electron chi connectivity index (χ4n) is 3.99. The summed E-state index contributed by atoms with van der Waals surface area (Å²) in [5, 5.41) is 10.7. The molecule has 212 valence electrons. The zero-order chi connectivity index (χ0) is 27.5. The molecule has 9 nitrogen and oxygen atoms in total. The summed E-state index contributed by atoms with van der Waals surface area (Å²) in [5.74, 6) is -0.927. The number of rotatable bonds is 13. The minimum atomic E-state index is -1.12. The lowest BCUT2D eigenvalue weighted by atomic mass is 10.1. The summed E-state index contributed by atoms with van der Waals surface area (Å²) in [7, 11) is 0. The highest BCUT2D eigenvalue weighted by Crippen LogP contribution is 2.23. The van der Waals surface area contributed by atoms with Crippen molar-refractivity contribution < 1.29 is 23.9 Å². The number of nitrogens with zero attached hydrogens (tertiary/aromatic N) is 2. The Morgan fingerprint density at radius 3 is 2.51 bits per heavy atom. The van der Waals surface area contributed by atoms with Crippen molar-refractivity contribution in [3.05, 3.63) is 54.2 Å². The van der Waals surface area contributed by atoms with Crippen LogP contribution in [0.2, 0.25) is 0 Å². The van der Waals surface area contributed by atoms with Gasteiger partial charge in [-0.15, -0.1) is 0 Å². The number of hydrogen-bond donors (Lipinski definition) is 2. The van der Waals surface area contributed by atoms with Crippen LogP contribution < -0.4 is 10.6 Å². The lowest BCUT2D eigenvalue weighted by Gasteiger charge is -2.19. The average molecular weight is 557 g/mol. The quantitative estimate of drug-likeness (QED) is 0.204. The molecule has 39 heavy (non-hydrogen) atoms. The van der Waals surface area contributed by atoms with Gasteiger partial charge in [-0.05, 0) is 63.1 Å². The van der Waals surface area contributed by atoms with Crippen molar-refractivity contribution in [3.63, 3.8) is 0 Å². The first-order valence-corrected chi connectivity index (χ1v) is 13.2. The molecule has 10 heteroatoms. The number of alkyl carbamates (subject to hydrolysis) is 1. The van der Waals surface area contributed by atoms with E-state index in [0.29, 0.717) is 5.69 Å². The second kappa shape index (κ2) is 15.8. The lowest BCUT2D eigenvalue weighted by Crippen LogP contribution is -2.47. The molecular weight excluding hydrogens is 516 g/mol. The number of carbonyl (C=O) groups excluding carboxylic acids is 3. The number of aromatic nitrogens is 2. The van der Waals surface area contributed by atoms with Crippen LogP contribution in [0.5, 0.6) is 0 Å². The van der Waals surface area contributed by atoms with E-state index in [2.05, 4.69) is 22.7 Å². The minimum absolute atomic E-state index is 0. The number of amides is 2. The maximum Gasteiger partial charge on any atom is 0.408 e. The molecule has 0 aliphatic rings. The molecule has 0 aliphatic carbocycles. The van der Waals surface area contributed by atoms with Gasteiger partial charge in [-0.25, -0.2) is 9.48 Å². The number of carbonyl (C=O) groups is 3. The molecule has 0 saturated carbocycles. The number of anilines is 1. The van der Waals surface area contributed by atoms with Crippen molar-refractivity contribution >= 4 is 48.1 Å². The molecule has 0 saturated heterocycles. The number of benzene rings is 2. The predicted octanol–water partition coefficient (Wildman–Crippen LogP) is 5.79. The summed E-state index contributed by atoms with van der Waals surface area (Å²) in [6.07, 6.45) is 5.92. The lowest BCUT2D eigenvalue weighted by molar-refractivity contribution is -0.145. The number of fused-ring (bicyclic) bond motifs is 1. The summed E-state index contributed by atoms with van der Waals surface area (Å²) in [4.78, 5) is 37.6. The Labute approximate surface area is 237 Å². The highest BCUT2D eigenvalue weighted by Gasteiger charge is 2.24. The molecule has 0 bridgehead atoms. The molecule has 1 aromatic heterocycles. The summed E-state index contributed by atoms with van der Waals surface area (Å²) in [6, 6.07) is 12.3. The number of esters is 1. The van der Waals surface area contributed by atoms with Gasteiger partial charge >= 0.3 is 12.1 Å². The minimum Gasteiger partial charge on any atom is -0.463 e. The van der Waals surface area contributed by atoms with E-state index in [4.69, 9.17) is 9.47 Å². The van der Waals surface area contributed by atoms with E-state index in [1.165, 1.54) is 0 Å². The van der Waals surface area contributed by atoms with Gasteiger partial charge in [0.2, 0.25) is 0 Å². The van der Waals surface area contributed by atoms with Crippen molar-refractivity contribution in [2.24, 2.45) is 0 Å². The van der Waals surface area contributed by atoms with E-state index in [0.717, 1.165) is 54.3 Å². The molecule has 2 aromatic carbocycles. The predicted molar refractivity (Wildman–Crippen MR) is 158 cm³/mol. The van der Waals surface area contributed by atoms with Crippen LogP contribution in [0, 0.1) is 6.92 Å². The molecule has 3 aromatic rings. The van der Waals surface area contributed by atoms with Crippen molar-refractivity contribution in [3.8, 4) is 5.69 Å². The van der Waals surface area contributed by atoms with E-state index in [1.54, 1.807) is 30.8 Å². The normalized spacial score (nSPS) is 11.5. The molecule has 0 unspecified atom stereocenters. The van der Waals surface area contributed by atoms with E-state index in [-0.39, 0.29) is 32.6 Å². The molecule has 2 N–H and O–H groups in total. The summed E-state index contributed by atoms with van der Waals surface area (Å²) < 4.78 is 12.3. The number of ether oxygens (including phenoxy) is 2. The molecule has 0 fully saturated rings. The SMILES string of the molecule is CCCCCCCC(=O)OC[C@H](NC(=O)OC(C)C)C(=O)Nc1ccc2cnn(-c3cccc(C)c3)c2c1.S. The van der Waals surface area contributed by atoms with Crippen LogP contribution in [0.15, 0.2) is 48.7 Å². The van der Waals surface area contributed by atoms with Crippen LogP contribution >= 0.6 is 13.5 Å². The average Bonchev–Trinajstić information content (AvgIpc) is 3.29. The third kappa shape index (κ3) is 9.94. The fraction of sp³-hybridized carbons (Fsp3) is 0.448. The second-order valence-electron chi connectivity index (χ2n) is 9.66. The zero-order valence-electron chi connectivity index (χ0n) is 23.2. The van der Waals surface area contributed by atoms with Gasteiger partial charge in [0.1, 0.15) is 12.6 Å². The first-order chi connectivity index (χ1) is 18.3. The Kier molecular flexibility index (Phi) is 12.8. The third-order valence-electron chi connectivity index (χ3n) is 5.93. The van der Waals surface area contributed by atoms with Gasteiger partial charge in [0.25, 0.3) is 5.91 Å². The number of aryl methyl sites for hydroxylation is 1. The van der Waals surface area contributed by atoms with Gasteiger partial charge < -0.3 is 20.1 Å². The molecule has 1 heterocycles. The molecule has 0 spiro atoms. The van der Waals surface area contributed by atoms with Crippen molar-refractivity contribution in [2.75, 3.05) is 11.9 Å². The maximum absolute atomic E-state index is 13.2. The highest BCUT2D eigenvalue weighted by atomic mass is 32.1. The van der Waals surface area contributed by atoms with Crippen LogP contribution in [0.4, 0.5) is 10.5 Å². The van der Waals surface area contributed by atoms with Gasteiger partial charge in [-0.2, -0.15) is 18.6 Å². The zero-order valence-corrected chi connectivity index (χ0v) is 24.2. The van der Waals surface area contributed by atoms with Crippen LogP contribution in [-0.2, 0) is 19.1 Å². The van der Waals surface area contributed by atoms with E-state index >= 15 is 0 Å². The maximum atomic E-state index is 13.2. The van der Waals surface area contributed by atoms with Crippen LogP contribution in [-0.4, -0.2) is 46.5 Å². The van der Waals surface area contributed by atoms with Crippen LogP contribution in [0.25, 0.3) is 16.6 Å². The summed E-state index contributed by atoms with van der Waals surface area (Å²) in [5.41, 5.74) is 3.34. The Morgan fingerprint density at radius 2 is 1.79 bits per heavy atom. The monoisotopic (exact) mass is 556 g/mol. The van der Waals surface area contributed by atoms with Gasteiger partial charge in [0.05, 0.1) is 23.5 Å². The van der Waals surface area contributed by atoms with E-state index in [1.807, 2.05) is 43.3 Å². The third-order valence-corrected chi connectivity index (χ3v) is 5.93. The topological polar surface area (TPSA) is 112 Å². The smallest absolute Gasteiger partial charge is 0.408 e. The fourth-order valence-corrected chi connectivity index (χ4v) is 3.99. The first kappa shape index (κ1) is 31.7. The molecule has 2 amide bonds. The van der Waals surface area contributed by atoms with Crippen molar-refractivity contribution in [1.82, 2.24) is 15.1 Å². The van der Waals surface area contributed by atoms with Gasteiger partial charge in [0.15, 0.2) is 0 Å². The van der Waals surface area contributed by atoms with E-state index in [9.17, 15) is 14.4 Å². The molecule has 0 aliphatic heterocycles. The molecule has 0 radical (unpaired) electrons. The Balaban J connectivity index is 0.00000533. The summed E-state index contributed by atoms with van der Waals surface area (Å²) in [6.45, 7) is 7.26. The Bertz CT molecular complexity index is 1240. The van der Waals surface area contributed by atoms with Crippen LogP contribution in [0.1, 0.15) is 64.9 Å². The summed E-state index contributed by atoms with van der Waals surface area (Å²) >= 11 is 0. The molecule has 3 rings (SSSR count). The molecule has 1 atom stereocenters. The largest absolute Gasteiger partial charge is 0.463 e. The highest BCUT2D eigenvalue weighted by molar-refractivity contribution is 7.59. The number of unbranched alkanes of at least 4 members (excludes halogenated alkanes) is 4. The Hall–Kier alpha value is -3.53. The van der Waals surface area contributed by atoms with E-state index < -0.39 is 24.0 Å². The number of nitrogens with one attached hydrogen (secondary N) is 2. The number of hydrogen-bond acceptors (Lipinski definition) is 6. The molecular formula is C29H40N4O5S. The van der Waals surface area contributed by atoms with Gasteiger partial charge in [0, 0.05) is 17.5 Å².